The first-order valence-electron chi connectivity index (χ1n) is 5.02. The van der Waals surface area contributed by atoms with Crippen LogP contribution >= 0.6 is 11.6 Å². The lowest BCUT2D eigenvalue weighted by molar-refractivity contribution is 0.157. The van der Waals surface area contributed by atoms with E-state index in [9.17, 15) is 4.39 Å². The van der Waals surface area contributed by atoms with Gasteiger partial charge in [0.05, 0.1) is 0 Å². The summed E-state index contributed by atoms with van der Waals surface area (Å²) in [4.78, 5) is 0. The van der Waals surface area contributed by atoms with E-state index in [1.54, 1.807) is 13.0 Å². The molecule has 0 aromatic heterocycles. The molecule has 15 heavy (non-hydrogen) atoms. The minimum atomic E-state index is -1.37. The predicted octanol–water partition coefficient (Wildman–Crippen LogP) is 3.27. The molecule has 1 rings (SSSR count). The normalized spacial score (nSPS) is 17.2. The Balaban J connectivity index is 2.86. The number of aryl methyl sites for hydroxylation is 1. The second kappa shape index (κ2) is 4.50. The number of rotatable bonds is 3. The molecule has 1 aromatic carbocycles. The summed E-state index contributed by atoms with van der Waals surface area (Å²) in [5, 5.41) is 0.708. The summed E-state index contributed by atoms with van der Waals surface area (Å²) in [6.45, 7) is 5.12. The zero-order valence-electron chi connectivity index (χ0n) is 9.35. The van der Waals surface area contributed by atoms with Crippen LogP contribution in [0.4, 0.5) is 4.39 Å². The first-order valence-corrected chi connectivity index (χ1v) is 5.40. The van der Waals surface area contributed by atoms with Gasteiger partial charge in [-0.3, -0.25) is 0 Å². The lowest BCUT2D eigenvalue weighted by Crippen LogP contribution is -2.41. The first kappa shape index (κ1) is 12.5. The maximum atomic E-state index is 14.0. The highest BCUT2D eigenvalue weighted by Gasteiger charge is 2.28. The average molecular weight is 230 g/mol. The molecule has 0 saturated heterocycles. The minimum absolute atomic E-state index is 0.322. The minimum Gasteiger partial charge on any atom is -0.325 e. The van der Waals surface area contributed by atoms with Gasteiger partial charge >= 0.3 is 0 Å². The Morgan fingerprint density at radius 3 is 2.60 bits per heavy atom. The fourth-order valence-corrected chi connectivity index (χ4v) is 1.49. The second-order valence-electron chi connectivity index (χ2n) is 4.33. The summed E-state index contributed by atoms with van der Waals surface area (Å²) in [7, 11) is 0. The number of hydrogen-bond donors (Lipinski definition) is 1. The summed E-state index contributed by atoms with van der Waals surface area (Å²) < 4.78 is 14.0. The van der Waals surface area contributed by atoms with E-state index in [1.807, 2.05) is 19.1 Å². The van der Waals surface area contributed by atoms with E-state index in [2.05, 4.69) is 0 Å². The molecule has 0 amide bonds. The van der Waals surface area contributed by atoms with Gasteiger partial charge in [-0.15, -0.1) is 0 Å². The van der Waals surface area contributed by atoms with Crippen LogP contribution in [0.5, 0.6) is 0 Å². The topological polar surface area (TPSA) is 26.0 Å². The highest BCUT2D eigenvalue weighted by molar-refractivity contribution is 6.31. The van der Waals surface area contributed by atoms with Crippen LogP contribution in [0.25, 0.3) is 0 Å². The third kappa shape index (κ3) is 3.18. The molecular weight excluding hydrogens is 213 g/mol. The van der Waals surface area contributed by atoms with Crippen LogP contribution in [0, 0.1) is 6.92 Å². The molecular formula is C12H17ClFN. The van der Waals surface area contributed by atoms with Crippen LogP contribution in [-0.4, -0.2) is 11.7 Å². The Bertz CT molecular complexity index is 347. The summed E-state index contributed by atoms with van der Waals surface area (Å²) >= 11 is 5.90. The van der Waals surface area contributed by atoms with E-state index in [4.69, 9.17) is 17.3 Å². The molecule has 2 unspecified atom stereocenters. The second-order valence-corrected chi connectivity index (χ2v) is 4.73. The Morgan fingerprint density at radius 1 is 1.53 bits per heavy atom. The van der Waals surface area contributed by atoms with Crippen molar-refractivity contribution in [2.45, 2.75) is 38.9 Å². The number of alkyl halides is 1. The van der Waals surface area contributed by atoms with Gasteiger partial charge in [0.15, 0.2) is 0 Å². The van der Waals surface area contributed by atoms with Gasteiger partial charge in [0, 0.05) is 17.5 Å². The molecule has 1 nitrogen and oxygen atoms in total. The number of benzene rings is 1. The molecule has 2 atom stereocenters. The van der Waals surface area contributed by atoms with Gasteiger partial charge in [-0.2, -0.15) is 0 Å². The Kier molecular flexibility index (Phi) is 3.74. The van der Waals surface area contributed by atoms with Crippen LogP contribution in [-0.2, 0) is 6.42 Å². The van der Waals surface area contributed by atoms with E-state index in [-0.39, 0.29) is 0 Å². The smallest absolute Gasteiger partial charge is 0.127 e. The van der Waals surface area contributed by atoms with E-state index in [0.29, 0.717) is 11.4 Å². The van der Waals surface area contributed by atoms with Crippen molar-refractivity contribution in [3.8, 4) is 0 Å². The molecule has 0 heterocycles. The molecule has 0 radical (unpaired) electrons. The fourth-order valence-electron chi connectivity index (χ4n) is 1.38. The quantitative estimate of drug-likeness (QED) is 0.846. The van der Waals surface area contributed by atoms with E-state index in [0.717, 1.165) is 11.1 Å². The van der Waals surface area contributed by atoms with Crippen molar-refractivity contribution >= 4 is 11.6 Å². The first-order chi connectivity index (χ1) is 6.83. The van der Waals surface area contributed by atoms with Crippen molar-refractivity contribution in [1.29, 1.82) is 0 Å². The van der Waals surface area contributed by atoms with E-state index >= 15 is 0 Å². The lowest BCUT2D eigenvalue weighted by atomic mass is 9.92. The molecule has 3 heteroatoms. The van der Waals surface area contributed by atoms with Gasteiger partial charge in [-0.1, -0.05) is 23.7 Å². The highest BCUT2D eigenvalue weighted by Crippen LogP contribution is 2.23. The molecule has 0 bridgehead atoms. The van der Waals surface area contributed by atoms with Gasteiger partial charge < -0.3 is 5.73 Å². The molecule has 2 N–H and O–H groups in total. The highest BCUT2D eigenvalue weighted by atomic mass is 35.5. The molecule has 0 fully saturated rings. The maximum absolute atomic E-state index is 14.0. The molecule has 0 aliphatic rings. The van der Waals surface area contributed by atoms with Crippen molar-refractivity contribution in [1.82, 2.24) is 0 Å². The van der Waals surface area contributed by atoms with Crippen LogP contribution in [0.2, 0.25) is 5.02 Å². The molecule has 0 aliphatic carbocycles. The lowest BCUT2D eigenvalue weighted by Gasteiger charge is -2.24. The van der Waals surface area contributed by atoms with Crippen LogP contribution in [0.3, 0.4) is 0 Å². The van der Waals surface area contributed by atoms with Gasteiger partial charge in [-0.25, -0.2) is 4.39 Å². The third-order valence-electron chi connectivity index (χ3n) is 2.72. The average Bonchev–Trinajstić information content (AvgIpc) is 2.10. The standard InChI is InChI=1S/C12H17ClFN/c1-8-6-10(4-5-11(8)13)7-12(3,14)9(2)15/h4-6,9H,7,15H2,1-3H3. The zero-order chi connectivity index (χ0) is 11.6. The Hall–Kier alpha value is -0.600. The maximum Gasteiger partial charge on any atom is 0.127 e. The Morgan fingerprint density at radius 2 is 2.13 bits per heavy atom. The van der Waals surface area contributed by atoms with Gasteiger partial charge in [0.2, 0.25) is 0 Å². The van der Waals surface area contributed by atoms with Crippen LogP contribution in [0.1, 0.15) is 25.0 Å². The van der Waals surface area contributed by atoms with Gasteiger partial charge in [-0.05, 0) is 38.0 Å². The van der Waals surface area contributed by atoms with Crippen LogP contribution in [0.15, 0.2) is 18.2 Å². The molecule has 84 valence electrons. The number of hydrogen-bond acceptors (Lipinski definition) is 1. The van der Waals surface area contributed by atoms with Crippen molar-refractivity contribution in [3.63, 3.8) is 0 Å². The monoisotopic (exact) mass is 229 g/mol. The summed E-state index contributed by atoms with van der Waals surface area (Å²) in [5.41, 5.74) is 6.11. The summed E-state index contributed by atoms with van der Waals surface area (Å²) in [6.07, 6.45) is 0.322. The Labute approximate surface area is 95.4 Å². The summed E-state index contributed by atoms with van der Waals surface area (Å²) in [6, 6.07) is 5.06. The van der Waals surface area contributed by atoms with E-state index < -0.39 is 11.7 Å². The zero-order valence-corrected chi connectivity index (χ0v) is 10.1. The number of nitrogens with two attached hydrogens (primary N) is 1. The van der Waals surface area contributed by atoms with Crippen molar-refractivity contribution < 1.29 is 4.39 Å². The van der Waals surface area contributed by atoms with Crippen LogP contribution < -0.4 is 5.73 Å². The van der Waals surface area contributed by atoms with Gasteiger partial charge in [0.1, 0.15) is 5.67 Å². The molecule has 0 aliphatic heterocycles. The number of halogens is 2. The molecule has 0 spiro atoms. The largest absolute Gasteiger partial charge is 0.325 e. The third-order valence-corrected chi connectivity index (χ3v) is 3.15. The molecule has 0 saturated carbocycles. The fraction of sp³-hybridized carbons (Fsp3) is 0.500. The molecule has 1 aromatic rings. The summed E-state index contributed by atoms with van der Waals surface area (Å²) in [5.74, 6) is 0. The SMILES string of the molecule is Cc1cc(CC(C)(F)C(C)N)ccc1Cl. The predicted molar refractivity (Wildman–Crippen MR) is 63.1 cm³/mol. The van der Waals surface area contributed by atoms with Crippen molar-refractivity contribution in [2.24, 2.45) is 5.73 Å². The van der Waals surface area contributed by atoms with Gasteiger partial charge in [0.25, 0.3) is 0 Å². The van der Waals surface area contributed by atoms with Crippen molar-refractivity contribution in [2.75, 3.05) is 0 Å². The van der Waals surface area contributed by atoms with Crippen molar-refractivity contribution in [3.05, 3.63) is 34.3 Å². The van der Waals surface area contributed by atoms with E-state index in [1.165, 1.54) is 6.92 Å².